The molecule has 7 nitrogen and oxygen atoms in total. The molecule has 1 fully saturated rings. The summed E-state index contributed by atoms with van der Waals surface area (Å²) in [6.45, 7) is 8.26. The Morgan fingerprint density at radius 1 is 0.727 bits per heavy atom. The lowest BCUT2D eigenvalue weighted by molar-refractivity contribution is -0.134. The number of hydrogen-bond acceptors (Lipinski definition) is 6. The predicted octanol–water partition coefficient (Wildman–Crippen LogP) is 7.05. The monoisotopic (exact) mass is 604 g/mol. The van der Waals surface area contributed by atoms with Gasteiger partial charge in [-0.3, -0.25) is 4.79 Å². The third kappa shape index (κ3) is 6.29. The van der Waals surface area contributed by atoms with Crippen LogP contribution in [0.3, 0.4) is 0 Å². The molecule has 5 aromatic rings. The SMILES string of the molecule is Cc1ccc(-c2nc3ccc(C(=O)OCC(=O)N4CCN(c5cc(Cl)ccc5C)CC4)cc3nc2-c2ccc(C)cc2)cc1. The number of hydrogen-bond donors (Lipinski definition) is 0. The molecule has 0 N–H and O–H groups in total. The van der Waals surface area contributed by atoms with Crippen LogP contribution in [0.4, 0.5) is 5.69 Å². The molecule has 0 atom stereocenters. The highest BCUT2D eigenvalue weighted by Crippen LogP contribution is 2.32. The van der Waals surface area contributed by atoms with Gasteiger partial charge >= 0.3 is 5.97 Å². The van der Waals surface area contributed by atoms with Crippen LogP contribution in [0.25, 0.3) is 33.5 Å². The average molecular weight is 605 g/mol. The van der Waals surface area contributed by atoms with Crippen molar-refractivity contribution < 1.29 is 14.3 Å². The molecule has 0 spiro atoms. The normalized spacial score (nSPS) is 13.3. The zero-order valence-corrected chi connectivity index (χ0v) is 25.8. The molecule has 6 rings (SSSR count). The van der Waals surface area contributed by atoms with E-state index >= 15 is 0 Å². The largest absolute Gasteiger partial charge is 0.452 e. The van der Waals surface area contributed by atoms with Gasteiger partial charge in [0.15, 0.2) is 6.61 Å². The number of aromatic nitrogens is 2. The van der Waals surface area contributed by atoms with Gasteiger partial charge in [-0.2, -0.15) is 0 Å². The van der Waals surface area contributed by atoms with Gasteiger partial charge in [-0.25, -0.2) is 14.8 Å². The number of halogens is 1. The van der Waals surface area contributed by atoms with Crippen molar-refractivity contribution in [1.29, 1.82) is 0 Å². The number of aryl methyl sites for hydroxylation is 3. The van der Waals surface area contributed by atoms with E-state index in [1.807, 2.05) is 75.4 Å². The van der Waals surface area contributed by atoms with Crippen LogP contribution in [0.2, 0.25) is 5.02 Å². The highest BCUT2D eigenvalue weighted by Gasteiger charge is 2.24. The minimum absolute atomic E-state index is 0.217. The summed E-state index contributed by atoms with van der Waals surface area (Å²) in [4.78, 5) is 39.8. The molecule has 2 heterocycles. The van der Waals surface area contributed by atoms with E-state index in [4.69, 9.17) is 26.3 Å². The Labute approximate surface area is 262 Å². The standard InChI is InChI=1S/C36H33ClN4O3/c1-23-4-9-26(10-5-23)34-35(27-11-6-24(2)7-12-27)39-31-20-28(13-15-30(31)38-34)36(43)44-22-33(42)41-18-16-40(17-19-41)32-21-29(37)14-8-25(32)3/h4-15,20-21H,16-19,22H2,1-3H3. The Balaban J connectivity index is 1.17. The van der Waals surface area contributed by atoms with Gasteiger partial charge in [-0.1, -0.05) is 77.3 Å². The smallest absolute Gasteiger partial charge is 0.338 e. The summed E-state index contributed by atoms with van der Waals surface area (Å²) in [5.74, 6) is -0.791. The fourth-order valence-corrected chi connectivity index (χ4v) is 5.59. The molecule has 0 unspecified atom stereocenters. The van der Waals surface area contributed by atoms with E-state index in [-0.39, 0.29) is 12.5 Å². The fraction of sp³-hybridized carbons (Fsp3) is 0.222. The molecule has 0 aliphatic carbocycles. The van der Waals surface area contributed by atoms with Gasteiger partial charge in [-0.05, 0) is 56.7 Å². The van der Waals surface area contributed by atoms with Crippen molar-refractivity contribution in [2.75, 3.05) is 37.7 Å². The van der Waals surface area contributed by atoms with Crippen molar-refractivity contribution in [2.45, 2.75) is 20.8 Å². The van der Waals surface area contributed by atoms with E-state index in [9.17, 15) is 9.59 Å². The summed E-state index contributed by atoms with van der Waals surface area (Å²) >= 11 is 6.20. The molecule has 0 bridgehead atoms. The maximum Gasteiger partial charge on any atom is 0.338 e. The Kier molecular flexibility index (Phi) is 8.31. The van der Waals surface area contributed by atoms with Gasteiger partial charge in [0.05, 0.1) is 28.0 Å². The number of carbonyl (C=O) groups is 2. The van der Waals surface area contributed by atoms with E-state index in [0.717, 1.165) is 44.9 Å². The molecule has 1 amide bonds. The molecule has 0 radical (unpaired) electrons. The van der Waals surface area contributed by atoms with E-state index < -0.39 is 5.97 Å². The number of amides is 1. The van der Waals surface area contributed by atoms with Crippen LogP contribution in [-0.4, -0.2) is 59.5 Å². The van der Waals surface area contributed by atoms with Crippen molar-refractivity contribution in [1.82, 2.24) is 14.9 Å². The molecule has 1 aliphatic rings. The number of benzene rings is 4. The second-order valence-corrected chi connectivity index (χ2v) is 11.7. The molecule has 4 aromatic carbocycles. The van der Waals surface area contributed by atoms with Gasteiger partial charge in [0.1, 0.15) is 0 Å². The maximum atomic E-state index is 13.0. The van der Waals surface area contributed by atoms with Crippen LogP contribution in [0.1, 0.15) is 27.0 Å². The van der Waals surface area contributed by atoms with Crippen molar-refractivity contribution in [3.8, 4) is 22.5 Å². The first kappa shape index (κ1) is 29.3. The third-order valence-corrected chi connectivity index (χ3v) is 8.26. The Hall–Kier alpha value is -4.75. The highest BCUT2D eigenvalue weighted by molar-refractivity contribution is 6.30. The number of fused-ring (bicyclic) bond motifs is 1. The Morgan fingerprint density at radius 2 is 1.32 bits per heavy atom. The number of nitrogens with zero attached hydrogens (tertiary/aromatic N) is 4. The van der Waals surface area contributed by atoms with Gasteiger partial charge in [0.25, 0.3) is 5.91 Å². The number of rotatable bonds is 6. The van der Waals surface area contributed by atoms with Crippen molar-refractivity contribution >= 4 is 40.2 Å². The van der Waals surface area contributed by atoms with E-state index in [1.165, 1.54) is 0 Å². The van der Waals surface area contributed by atoms with Crippen LogP contribution in [0, 0.1) is 20.8 Å². The maximum absolute atomic E-state index is 13.0. The van der Waals surface area contributed by atoms with Crippen LogP contribution >= 0.6 is 11.6 Å². The summed E-state index contributed by atoms with van der Waals surface area (Å²) in [6.07, 6.45) is 0. The average Bonchev–Trinajstić information content (AvgIpc) is 3.04. The Morgan fingerprint density at radius 3 is 1.93 bits per heavy atom. The zero-order valence-electron chi connectivity index (χ0n) is 25.0. The number of carbonyl (C=O) groups excluding carboxylic acids is 2. The molecule has 8 heteroatoms. The molecular formula is C36H33ClN4O3. The second-order valence-electron chi connectivity index (χ2n) is 11.2. The molecule has 1 aliphatic heterocycles. The van der Waals surface area contributed by atoms with Crippen molar-refractivity contribution in [3.05, 3.63) is 112 Å². The summed E-state index contributed by atoms with van der Waals surface area (Å²) in [7, 11) is 0. The van der Waals surface area contributed by atoms with Gasteiger partial charge in [0.2, 0.25) is 0 Å². The number of esters is 1. The summed E-state index contributed by atoms with van der Waals surface area (Å²) < 4.78 is 5.46. The highest BCUT2D eigenvalue weighted by atomic mass is 35.5. The molecule has 44 heavy (non-hydrogen) atoms. The lowest BCUT2D eigenvalue weighted by atomic mass is 10.0. The molecule has 0 saturated carbocycles. The van der Waals surface area contributed by atoms with E-state index in [1.54, 1.807) is 23.1 Å². The van der Waals surface area contributed by atoms with Crippen LogP contribution < -0.4 is 4.90 Å². The van der Waals surface area contributed by atoms with Gasteiger partial charge in [0, 0.05) is 48.0 Å². The quantitative estimate of drug-likeness (QED) is 0.193. The van der Waals surface area contributed by atoms with Gasteiger partial charge in [-0.15, -0.1) is 0 Å². The number of piperazine rings is 1. The summed E-state index contributed by atoms with van der Waals surface area (Å²) in [5.41, 5.74) is 9.48. The first-order valence-corrected chi connectivity index (χ1v) is 15.0. The predicted molar refractivity (Wildman–Crippen MR) is 175 cm³/mol. The number of anilines is 1. The summed E-state index contributed by atoms with van der Waals surface area (Å²) in [6, 6.07) is 27.3. The fourth-order valence-electron chi connectivity index (χ4n) is 5.43. The van der Waals surface area contributed by atoms with Gasteiger partial charge < -0.3 is 14.5 Å². The summed E-state index contributed by atoms with van der Waals surface area (Å²) in [5, 5.41) is 0.689. The first-order chi connectivity index (χ1) is 21.2. The molecule has 1 saturated heterocycles. The van der Waals surface area contributed by atoms with Crippen molar-refractivity contribution in [2.24, 2.45) is 0 Å². The van der Waals surface area contributed by atoms with Crippen LogP contribution in [0.5, 0.6) is 0 Å². The first-order valence-electron chi connectivity index (χ1n) is 14.7. The third-order valence-electron chi connectivity index (χ3n) is 8.02. The van der Waals surface area contributed by atoms with Crippen molar-refractivity contribution in [3.63, 3.8) is 0 Å². The molecule has 1 aromatic heterocycles. The molecular weight excluding hydrogens is 572 g/mol. The Bertz CT molecular complexity index is 1850. The van der Waals surface area contributed by atoms with E-state index in [2.05, 4.69) is 17.0 Å². The lowest BCUT2D eigenvalue weighted by Gasteiger charge is -2.36. The topological polar surface area (TPSA) is 75.6 Å². The number of ether oxygens (including phenoxy) is 1. The van der Waals surface area contributed by atoms with Crippen LogP contribution in [-0.2, 0) is 9.53 Å². The minimum Gasteiger partial charge on any atom is -0.452 e. The lowest BCUT2D eigenvalue weighted by Crippen LogP contribution is -2.50. The molecule has 222 valence electrons. The van der Waals surface area contributed by atoms with E-state index in [0.29, 0.717) is 47.8 Å². The second kappa shape index (κ2) is 12.5. The minimum atomic E-state index is -0.574. The van der Waals surface area contributed by atoms with Crippen LogP contribution in [0.15, 0.2) is 84.9 Å². The zero-order chi connectivity index (χ0) is 30.8.